The second-order valence-corrected chi connectivity index (χ2v) is 6.18. The van der Waals surface area contributed by atoms with Crippen molar-refractivity contribution in [1.82, 2.24) is 15.8 Å². The van der Waals surface area contributed by atoms with Crippen molar-refractivity contribution in [1.29, 1.82) is 0 Å². The molecule has 6 nitrogen and oxygen atoms in total. The molecule has 0 bridgehead atoms. The van der Waals surface area contributed by atoms with Gasteiger partial charge in [-0.2, -0.15) is 0 Å². The van der Waals surface area contributed by atoms with Crippen molar-refractivity contribution in [3.63, 3.8) is 0 Å². The molecule has 1 aromatic heterocycles. The van der Waals surface area contributed by atoms with Crippen LogP contribution in [-0.4, -0.2) is 37.3 Å². The van der Waals surface area contributed by atoms with Crippen LogP contribution in [0.2, 0.25) is 0 Å². The maximum Gasteiger partial charge on any atom is 0.191 e. The highest BCUT2D eigenvalue weighted by molar-refractivity contribution is 14.0. The monoisotopic (exact) mass is 485 g/mol. The Labute approximate surface area is 179 Å². The fourth-order valence-corrected chi connectivity index (χ4v) is 2.70. The third-order valence-corrected chi connectivity index (χ3v) is 4.13. The maximum absolute atomic E-state index is 5.29. The van der Waals surface area contributed by atoms with E-state index in [2.05, 4.69) is 77.6 Å². The van der Waals surface area contributed by atoms with Crippen molar-refractivity contribution in [2.75, 3.05) is 31.1 Å². The first-order chi connectivity index (χ1) is 12.7. The Hall–Kier alpha value is -1.77. The second-order valence-electron chi connectivity index (χ2n) is 6.18. The van der Waals surface area contributed by atoms with E-state index in [9.17, 15) is 0 Å². The summed E-state index contributed by atoms with van der Waals surface area (Å²) in [6.45, 7) is 12.4. The Balaban J connectivity index is 0.00000364. The molecule has 2 N–H and O–H groups in total. The first-order valence-electron chi connectivity index (χ1n) is 9.44. The van der Waals surface area contributed by atoms with E-state index in [0.29, 0.717) is 6.54 Å². The normalized spacial score (nSPS) is 11.0. The predicted octanol–water partition coefficient (Wildman–Crippen LogP) is 3.75. The highest BCUT2D eigenvalue weighted by Crippen LogP contribution is 2.15. The van der Waals surface area contributed by atoms with Gasteiger partial charge in [0.05, 0.1) is 5.69 Å². The zero-order valence-corrected chi connectivity index (χ0v) is 19.1. The lowest BCUT2D eigenvalue weighted by Gasteiger charge is -2.24. The van der Waals surface area contributed by atoms with Gasteiger partial charge in [0.15, 0.2) is 11.7 Å². The van der Waals surface area contributed by atoms with E-state index in [0.717, 1.165) is 50.0 Å². The maximum atomic E-state index is 5.29. The Morgan fingerprint density at radius 1 is 1.19 bits per heavy atom. The number of guanidine groups is 1. The molecule has 7 heteroatoms. The molecule has 0 radical (unpaired) electrons. The van der Waals surface area contributed by atoms with Crippen molar-refractivity contribution in [3.8, 4) is 0 Å². The number of rotatable bonds is 9. The summed E-state index contributed by atoms with van der Waals surface area (Å²) in [5.41, 5.74) is 3.50. The van der Waals surface area contributed by atoms with Crippen LogP contribution in [0.1, 0.15) is 37.8 Å². The van der Waals surface area contributed by atoms with E-state index >= 15 is 0 Å². The molecule has 2 aromatic rings. The molecule has 0 aliphatic heterocycles. The van der Waals surface area contributed by atoms with Crippen LogP contribution in [0.25, 0.3) is 0 Å². The van der Waals surface area contributed by atoms with Crippen molar-refractivity contribution in [2.24, 2.45) is 4.99 Å². The van der Waals surface area contributed by atoms with E-state index < -0.39 is 0 Å². The Bertz CT molecular complexity index is 701. The molecule has 0 unspecified atom stereocenters. The number of aliphatic imine (C=N–C) groups is 1. The first kappa shape index (κ1) is 23.3. The second kappa shape index (κ2) is 12.6. The third kappa shape index (κ3) is 7.78. The van der Waals surface area contributed by atoms with Crippen LogP contribution in [0.4, 0.5) is 5.69 Å². The van der Waals surface area contributed by atoms with Gasteiger partial charge in [0.1, 0.15) is 6.54 Å². The third-order valence-electron chi connectivity index (χ3n) is 4.13. The van der Waals surface area contributed by atoms with Gasteiger partial charge in [0.2, 0.25) is 0 Å². The summed E-state index contributed by atoms with van der Waals surface area (Å²) in [4.78, 5) is 6.94. The Kier molecular flexibility index (Phi) is 10.8. The minimum atomic E-state index is 0. The number of hydrogen-bond acceptors (Lipinski definition) is 4. The van der Waals surface area contributed by atoms with E-state index in [1.165, 1.54) is 11.3 Å². The number of aryl methyl sites for hydroxylation is 2. The fraction of sp³-hybridized carbons (Fsp3) is 0.500. The lowest BCUT2D eigenvalue weighted by Crippen LogP contribution is -2.41. The number of likely N-dealkylation sites (N-methyl/N-ethyl adjacent to an activating group) is 1. The minimum absolute atomic E-state index is 0. The zero-order chi connectivity index (χ0) is 18.8. The molecule has 0 atom stereocenters. The van der Waals surface area contributed by atoms with Gasteiger partial charge in [-0.3, -0.25) is 0 Å². The van der Waals surface area contributed by atoms with Crippen LogP contribution < -0.4 is 15.5 Å². The largest absolute Gasteiger partial charge is 0.370 e. The molecule has 0 fully saturated rings. The predicted molar refractivity (Wildman–Crippen MR) is 123 cm³/mol. The Morgan fingerprint density at radius 2 is 2.00 bits per heavy atom. The van der Waals surface area contributed by atoms with Gasteiger partial charge in [-0.25, -0.2) is 4.99 Å². The summed E-state index contributed by atoms with van der Waals surface area (Å²) >= 11 is 0. The van der Waals surface area contributed by atoms with Crippen molar-refractivity contribution < 1.29 is 4.52 Å². The smallest absolute Gasteiger partial charge is 0.191 e. The van der Waals surface area contributed by atoms with Gasteiger partial charge in [0.25, 0.3) is 0 Å². The van der Waals surface area contributed by atoms with Crippen molar-refractivity contribution in [2.45, 2.75) is 40.7 Å². The van der Waals surface area contributed by atoms with E-state index in [-0.39, 0.29) is 24.0 Å². The highest BCUT2D eigenvalue weighted by atomic mass is 127. The summed E-state index contributed by atoms with van der Waals surface area (Å²) in [6.07, 6.45) is 0.872. The summed E-state index contributed by atoms with van der Waals surface area (Å²) in [5.74, 6) is 1.58. The van der Waals surface area contributed by atoms with Gasteiger partial charge in [0, 0.05) is 37.9 Å². The average molecular weight is 485 g/mol. The average Bonchev–Trinajstić information content (AvgIpc) is 3.11. The molecule has 2 rings (SSSR count). The molecule has 0 saturated heterocycles. The van der Waals surface area contributed by atoms with Crippen LogP contribution >= 0.6 is 24.0 Å². The number of nitrogens with zero attached hydrogens (tertiary/aromatic N) is 3. The molecular formula is C20H32IN5O. The van der Waals surface area contributed by atoms with Gasteiger partial charge >= 0.3 is 0 Å². The summed E-state index contributed by atoms with van der Waals surface area (Å²) in [7, 11) is 0. The molecule has 27 heavy (non-hydrogen) atoms. The Morgan fingerprint density at radius 3 is 2.63 bits per heavy atom. The van der Waals surface area contributed by atoms with Crippen LogP contribution in [0.5, 0.6) is 0 Å². The molecular weight excluding hydrogens is 453 g/mol. The van der Waals surface area contributed by atoms with Gasteiger partial charge in [-0.15, -0.1) is 24.0 Å². The van der Waals surface area contributed by atoms with Crippen LogP contribution in [0.3, 0.4) is 0 Å². The summed E-state index contributed by atoms with van der Waals surface area (Å²) in [6, 6.07) is 10.6. The number of halogens is 1. The topological polar surface area (TPSA) is 65.7 Å². The lowest BCUT2D eigenvalue weighted by atomic mass is 10.2. The molecule has 1 heterocycles. The van der Waals surface area contributed by atoms with Crippen LogP contribution in [-0.2, 0) is 13.0 Å². The molecule has 0 amide bonds. The van der Waals surface area contributed by atoms with E-state index in [1.54, 1.807) is 0 Å². The molecule has 0 spiro atoms. The number of anilines is 1. The number of nitrogens with one attached hydrogen (secondary N) is 2. The molecule has 0 aliphatic rings. The van der Waals surface area contributed by atoms with Crippen molar-refractivity contribution in [3.05, 3.63) is 47.3 Å². The van der Waals surface area contributed by atoms with Gasteiger partial charge < -0.3 is 20.1 Å². The quantitative estimate of drug-likeness (QED) is 0.322. The van der Waals surface area contributed by atoms with Gasteiger partial charge in [-0.05, 0) is 44.9 Å². The summed E-state index contributed by atoms with van der Waals surface area (Å²) < 4.78 is 5.29. The zero-order valence-electron chi connectivity index (χ0n) is 16.8. The molecule has 0 saturated carbocycles. The van der Waals surface area contributed by atoms with Crippen molar-refractivity contribution >= 4 is 35.6 Å². The van der Waals surface area contributed by atoms with E-state index in [1.807, 2.05) is 6.07 Å². The molecule has 1 aromatic carbocycles. The fourth-order valence-electron chi connectivity index (χ4n) is 2.70. The lowest BCUT2D eigenvalue weighted by molar-refractivity contribution is 0.379. The summed E-state index contributed by atoms with van der Waals surface area (Å²) in [5, 5.41) is 10.7. The number of hydrogen-bond donors (Lipinski definition) is 2. The highest BCUT2D eigenvalue weighted by Gasteiger charge is 2.06. The minimum Gasteiger partial charge on any atom is -0.370 e. The number of aromatic nitrogens is 1. The molecule has 150 valence electrons. The van der Waals surface area contributed by atoms with Crippen LogP contribution in [0, 0.1) is 6.92 Å². The number of benzene rings is 1. The molecule has 0 aliphatic carbocycles. The van der Waals surface area contributed by atoms with Gasteiger partial charge in [-0.1, -0.05) is 24.2 Å². The van der Waals surface area contributed by atoms with Crippen LogP contribution in [0.15, 0.2) is 39.8 Å². The first-order valence-corrected chi connectivity index (χ1v) is 9.44. The SMILES string of the molecule is CCNC(=NCc1cc(CC)no1)NCCN(CC)c1cccc(C)c1.I. The standard InChI is InChI=1S/C20H31N5O.HI/c1-5-17-14-19(26-24-17)15-23-20(21-6-2)22-11-12-25(7-3)18-10-8-9-16(4)13-18;/h8-10,13-14H,5-7,11-12,15H2,1-4H3,(H2,21,22,23);1H. The van der Waals surface area contributed by atoms with E-state index in [4.69, 9.17) is 4.52 Å².